The highest BCUT2D eigenvalue weighted by atomic mass is 28.5. The standard InChI is InChI=1S/C60H64N2O3Si4/c1-66(2,59-45-37-51(38-46-59)31-29-49-33-41-57(42-34-49)61(53-21-13-9-14-22-53)54-23-15-10-16-24-54)63-68(5,6)65-69(7,8)64-67(3,4)60-47-39-52(40-48-60)32-30-50-35-43-58(44-36-50)62(55-25-17-11-18-26-55)56-27-19-12-20-28-56/h9-48H,1-8H3/b31-29+,32-30+. The summed E-state index contributed by atoms with van der Waals surface area (Å²) in [6, 6.07) is 77.1. The van der Waals surface area contributed by atoms with E-state index in [4.69, 9.17) is 12.3 Å². The normalized spacial score (nSPS) is 12.4. The molecule has 0 radical (unpaired) electrons. The van der Waals surface area contributed by atoms with E-state index in [-0.39, 0.29) is 0 Å². The largest absolute Gasteiger partial charge is 0.433 e. The molecule has 0 amide bonds. The van der Waals surface area contributed by atoms with Crippen molar-refractivity contribution in [3.63, 3.8) is 0 Å². The molecule has 0 unspecified atom stereocenters. The molecule has 69 heavy (non-hydrogen) atoms. The van der Waals surface area contributed by atoms with E-state index in [2.05, 4.69) is 305 Å². The van der Waals surface area contributed by atoms with Gasteiger partial charge in [-0.2, -0.15) is 0 Å². The average molecular weight is 974 g/mol. The van der Waals surface area contributed by atoms with Crippen LogP contribution in [-0.4, -0.2) is 33.8 Å². The SMILES string of the molecule is C[Si](C)(O[Si](C)(C)O[Si](C)(C)c1ccc(/C=C/c2ccc(N(c3ccccc3)c3ccccc3)cc2)cc1)O[Si](C)(C)c1ccc(/C=C/c2ccc(N(c3ccccc3)c3ccccc3)cc2)cc1. The van der Waals surface area contributed by atoms with Crippen molar-refractivity contribution in [2.24, 2.45) is 0 Å². The Morgan fingerprint density at radius 1 is 0.261 bits per heavy atom. The highest BCUT2D eigenvalue weighted by Gasteiger charge is 2.44. The topological polar surface area (TPSA) is 34.2 Å². The number of benzene rings is 8. The molecule has 0 saturated heterocycles. The molecule has 0 bridgehead atoms. The molecule has 0 saturated carbocycles. The molecule has 0 aliphatic carbocycles. The van der Waals surface area contributed by atoms with E-state index >= 15 is 0 Å². The van der Waals surface area contributed by atoms with Crippen LogP contribution in [0.4, 0.5) is 34.1 Å². The van der Waals surface area contributed by atoms with Crippen molar-refractivity contribution in [1.82, 2.24) is 0 Å². The minimum absolute atomic E-state index is 1.11. The lowest BCUT2D eigenvalue weighted by Crippen LogP contribution is -2.60. The molecule has 8 aromatic rings. The lowest BCUT2D eigenvalue weighted by molar-refractivity contribution is 0.334. The van der Waals surface area contributed by atoms with E-state index in [0.717, 1.165) is 56.4 Å². The van der Waals surface area contributed by atoms with Crippen molar-refractivity contribution >= 4 is 103 Å². The second-order valence-electron chi connectivity index (χ2n) is 19.2. The van der Waals surface area contributed by atoms with Crippen LogP contribution in [0.25, 0.3) is 24.3 Å². The van der Waals surface area contributed by atoms with Crippen LogP contribution in [0.1, 0.15) is 22.3 Å². The smallest absolute Gasteiger partial charge is 0.312 e. The third kappa shape index (κ3) is 13.0. The van der Waals surface area contributed by atoms with E-state index < -0.39 is 33.8 Å². The van der Waals surface area contributed by atoms with Crippen LogP contribution in [-0.2, 0) is 12.3 Å². The van der Waals surface area contributed by atoms with Crippen molar-refractivity contribution in [2.75, 3.05) is 9.80 Å². The van der Waals surface area contributed by atoms with E-state index in [0.29, 0.717) is 0 Å². The van der Waals surface area contributed by atoms with Crippen LogP contribution in [0, 0.1) is 0 Å². The number of nitrogens with zero attached hydrogens (tertiary/aromatic N) is 2. The fourth-order valence-corrected chi connectivity index (χ4v) is 27.6. The lowest BCUT2D eigenvalue weighted by atomic mass is 10.1. The minimum Gasteiger partial charge on any atom is -0.433 e. The quantitative estimate of drug-likeness (QED) is 0.0632. The summed E-state index contributed by atoms with van der Waals surface area (Å²) in [6.07, 6.45) is 8.70. The highest BCUT2D eigenvalue weighted by Crippen LogP contribution is 2.36. The average Bonchev–Trinajstić information content (AvgIpc) is 3.34. The Bertz CT molecular complexity index is 2650. The van der Waals surface area contributed by atoms with Gasteiger partial charge in [0, 0.05) is 34.1 Å². The summed E-state index contributed by atoms with van der Waals surface area (Å²) < 4.78 is 21.1. The Morgan fingerprint density at radius 3 is 0.725 bits per heavy atom. The van der Waals surface area contributed by atoms with E-state index in [1.54, 1.807) is 0 Å². The summed E-state index contributed by atoms with van der Waals surface area (Å²) in [7, 11) is -9.82. The number of hydrogen-bond donors (Lipinski definition) is 0. The van der Waals surface area contributed by atoms with Crippen molar-refractivity contribution in [3.8, 4) is 0 Å². The molecular weight excluding hydrogens is 909 g/mol. The van der Waals surface area contributed by atoms with Gasteiger partial charge in [-0.1, -0.05) is 170 Å². The van der Waals surface area contributed by atoms with Gasteiger partial charge in [0.2, 0.25) is 16.6 Å². The maximum Gasteiger partial charge on any atom is 0.312 e. The first-order valence-corrected chi connectivity index (χ1v) is 35.3. The number of anilines is 6. The van der Waals surface area contributed by atoms with Crippen molar-refractivity contribution in [2.45, 2.75) is 52.4 Å². The van der Waals surface area contributed by atoms with Gasteiger partial charge in [-0.15, -0.1) is 0 Å². The zero-order chi connectivity index (χ0) is 48.5. The summed E-state index contributed by atoms with van der Waals surface area (Å²) in [4.78, 5) is 4.56. The second kappa shape index (κ2) is 21.5. The molecule has 5 nitrogen and oxygen atoms in total. The van der Waals surface area contributed by atoms with Gasteiger partial charge >= 0.3 is 17.1 Å². The predicted molar refractivity (Wildman–Crippen MR) is 305 cm³/mol. The second-order valence-corrected chi connectivity index (χ2v) is 34.5. The van der Waals surface area contributed by atoms with Crippen LogP contribution in [0.3, 0.4) is 0 Å². The number of para-hydroxylation sites is 4. The first kappa shape index (κ1) is 49.0. The van der Waals surface area contributed by atoms with Gasteiger partial charge in [-0.25, -0.2) is 0 Å². The molecule has 0 spiro atoms. The summed E-state index contributed by atoms with van der Waals surface area (Å²) in [6.45, 7) is 17.8. The highest BCUT2D eigenvalue weighted by molar-refractivity contribution is 6.95. The maximum absolute atomic E-state index is 7.06. The van der Waals surface area contributed by atoms with E-state index in [1.165, 1.54) is 10.4 Å². The third-order valence-electron chi connectivity index (χ3n) is 12.0. The van der Waals surface area contributed by atoms with Crippen molar-refractivity contribution in [1.29, 1.82) is 0 Å². The summed E-state index contributed by atoms with van der Waals surface area (Å²) >= 11 is 0. The van der Waals surface area contributed by atoms with Gasteiger partial charge in [0.05, 0.1) is 0 Å². The van der Waals surface area contributed by atoms with E-state index in [1.807, 2.05) is 0 Å². The molecule has 0 heterocycles. The summed E-state index contributed by atoms with van der Waals surface area (Å²) in [5, 5.41) is 2.49. The van der Waals surface area contributed by atoms with E-state index in [9.17, 15) is 0 Å². The molecule has 0 fully saturated rings. The molecule has 0 atom stereocenters. The van der Waals surface area contributed by atoms with Crippen LogP contribution in [0.5, 0.6) is 0 Å². The van der Waals surface area contributed by atoms with Gasteiger partial charge < -0.3 is 22.1 Å². The number of hydrogen-bond acceptors (Lipinski definition) is 5. The third-order valence-corrected chi connectivity index (χ3v) is 27.4. The molecule has 8 rings (SSSR count). The fraction of sp³-hybridized carbons (Fsp3) is 0.133. The molecule has 0 aliphatic rings. The molecule has 0 aliphatic heterocycles. The van der Waals surface area contributed by atoms with Gasteiger partial charge in [0.1, 0.15) is 0 Å². The number of rotatable bonds is 18. The molecule has 8 aromatic carbocycles. The molecule has 0 aromatic heterocycles. The van der Waals surface area contributed by atoms with Gasteiger partial charge in [0.15, 0.2) is 0 Å². The lowest BCUT2D eigenvalue weighted by Gasteiger charge is -2.41. The monoisotopic (exact) mass is 972 g/mol. The van der Waals surface area contributed by atoms with Gasteiger partial charge in [-0.05, 0) is 158 Å². The summed E-state index contributed by atoms with van der Waals surface area (Å²) in [5.41, 5.74) is 11.3. The predicted octanol–water partition coefficient (Wildman–Crippen LogP) is 15.9. The van der Waals surface area contributed by atoms with Crippen LogP contribution < -0.4 is 20.2 Å². The fourth-order valence-electron chi connectivity index (χ4n) is 9.03. The van der Waals surface area contributed by atoms with Gasteiger partial charge in [0.25, 0.3) is 0 Å². The van der Waals surface area contributed by atoms with Crippen LogP contribution >= 0.6 is 0 Å². The Hall–Kier alpha value is -6.41. The Kier molecular flexibility index (Phi) is 15.3. The summed E-state index contributed by atoms with van der Waals surface area (Å²) in [5.74, 6) is 0. The van der Waals surface area contributed by atoms with Gasteiger partial charge in [-0.3, -0.25) is 0 Å². The zero-order valence-corrected chi connectivity index (χ0v) is 45.2. The molecular formula is C60H64N2O3Si4. The zero-order valence-electron chi connectivity index (χ0n) is 41.2. The molecule has 9 heteroatoms. The first-order valence-electron chi connectivity index (χ1n) is 23.8. The van der Waals surface area contributed by atoms with Crippen molar-refractivity contribution < 1.29 is 12.3 Å². The molecule has 0 N–H and O–H groups in total. The first-order chi connectivity index (χ1) is 33.1. The Labute approximate surface area is 415 Å². The van der Waals surface area contributed by atoms with Crippen LogP contribution in [0.15, 0.2) is 218 Å². The molecule has 348 valence electrons. The Morgan fingerprint density at radius 2 is 0.478 bits per heavy atom. The minimum atomic E-state index is -2.59. The maximum atomic E-state index is 7.06. The van der Waals surface area contributed by atoms with Crippen LogP contribution in [0.2, 0.25) is 52.4 Å². The Balaban J connectivity index is 0.853. The van der Waals surface area contributed by atoms with Crippen molar-refractivity contribution in [3.05, 3.63) is 241 Å².